The molecule has 0 aliphatic rings. The number of amides is 2. The van der Waals surface area contributed by atoms with E-state index in [1.807, 2.05) is 5.32 Å². The van der Waals surface area contributed by atoms with Gasteiger partial charge in [-0.2, -0.15) is 13.2 Å². The first-order valence-corrected chi connectivity index (χ1v) is 9.22. The van der Waals surface area contributed by atoms with E-state index in [9.17, 15) is 22.8 Å². The van der Waals surface area contributed by atoms with Crippen molar-refractivity contribution >= 4 is 23.2 Å². The van der Waals surface area contributed by atoms with Crippen molar-refractivity contribution in [3.05, 3.63) is 96.6 Å². The van der Waals surface area contributed by atoms with Gasteiger partial charge >= 0.3 is 12.1 Å². The summed E-state index contributed by atoms with van der Waals surface area (Å²) in [6, 6.07) is 24.6. The van der Waals surface area contributed by atoms with Crippen molar-refractivity contribution in [3.8, 4) is 0 Å². The zero-order valence-electron chi connectivity index (χ0n) is 15.8. The standard InChI is InChI=1S/C23H19F3N2O2/c24-23(25,26)22(30)27-20(17-10-4-1-5-11-17)16-21(29)28(18-12-6-2-7-13-18)19-14-8-3-9-15-19/h1-15,20H,16H2,(H,27,30)/t20-/m1/s1. The molecule has 0 aliphatic carbocycles. The molecule has 3 rings (SSSR count). The molecule has 3 aromatic carbocycles. The van der Waals surface area contributed by atoms with Crippen molar-refractivity contribution in [1.82, 2.24) is 5.32 Å². The molecule has 0 saturated heterocycles. The number of alkyl halides is 3. The lowest BCUT2D eigenvalue weighted by molar-refractivity contribution is -0.174. The lowest BCUT2D eigenvalue weighted by atomic mass is 10.0. The van der Waals surface area contributed by atoms with E-state index in [1.165, 1.54) is 4.90 Å². The third-order valence-corrected chi connectivity index (χ3v) is 4.42. The first-order valence-electron chi connectivity index (χ1n) is 9.22. The fourth-order valence-electron chi connectivity index (χ4n) is 3.03. The minimum atomic E-state index is -5.05. The van der Waals surface area contributed by atoms with E-state index in [1.54, 1.807) is 91.0 Å². The van der Waals surface area contributed by atoms with E-state index in [0.29, 0.717) is 16.9 Å². The van der Waals surface area contributed by atoms with Gasteiger partial charge in [0.1, 0.15) is 0 Å². The van der Waals surface area contributed by atoms with Crippen molar-refractivity contribution in [2.75, 3.05) is 4.90 Å². The zero-order valence-corrected chi connectivity index (χ0v) is 15.8. The quantitative estimate of drug-likeness (QED) is 0.608. The number of nitrogens with one attached hydrogen (secondary N) is 1. The van der Waals surface area contributed by atoms with Gasteiger partial charge in [0.2, 0.25) is 5.91 Å². The van der Waals surface area contributed by atoms with E-state index < -0.39 is 24.0 Å². The fraction of sp³-hybridized carbons (Fsp3) is 0.130. The van der Waals surface area contributed by atoms with Crippen molar-refractivity contribution in [2.45, 2.75) is 18.6 Å². The maximum Gasteiger partial charge on any atom is 0.471 e. The molecule has 0 aliphatic heterocycles. The number of benzene rings is 3. The Morgan fingerprint density at radius 1 is 0.767 bits per heavy atom. The second-order valence-electron chi connectivity index (χ2n) is 6.54. The minimum Gasteiger partial charge on any atom is -0.341 e. The van der Waals surface area contributed by atoms with Gasteiger partial charge in [-0.15, -0.1) is 0 Å². The zero-order chi connectivity index (χ0) is 21.6. The van der Waals surface area contributed by atoms with Crippen LogP contribution in [0.25, 0.3) is 0 Å². The average Bonchev–Trinajstić information content (AvgIpc) is 2.75. The predicted molar refractivity (Wildman–Crippen MR) is 108 cm³/mol. The van der Waals surface area contributed by atoms with Crippen LogP contribution in [0.4, 0.5) is 24.5 Å². The molecule has 0 saturated carbocycles. The fourth-order valence-corrected chi connectivity index (χ4v) is 3.03. The molecule has 0 radical (unpaired) electrons. The third-order valence-electron chi connectivity index (χ3n) is 4.42. The second-order valence-corrected chi connectivity index (χ2v) is 6.54. The number of carbonyl (C=O) groups is 2. The molecule has 0 aromatic heterocycles. The van der Waals surface area contributed by atoms with E-state index >= 15 is 0 Å². The Hall–Kier alpha value is -3.61. The Kier molecular flexibility index (Phi) is 6.51. The van der Waals surface area contributed by atoms with E-state index in [4.69, 9.17) is 0 Å². The summed E-state index contributed by atoms with van der Waals surface area (Å²) >= 11 is 0. The summed E-state index contributed by atoms with van der Waals surface area (Å²) in [5.74, 6) is -2.54. The largest absolute Gasteiger partial charge is 0.471 e. The monoisotopic (exact) mass is 412 g/mol. The summed E-state index contributed by atoms with van der Waals surface area (Å²) < 4.78 is 38.5. The first-order chi connectivity index (χ1) is 14.4. The molecule has 1 atom stereocenters. The Morgan fingerprint density at radius 3 is 1.63 bits per heavy atom. The van der Waals surface area contributed by atoms with Crippen LogP contribution in [0.5, 0.6) is 0 Å². The lowest BCUT2D eigenvalue weighted by Crippen LogP contribution is -2.41. The van der Waals surface area contributed by atoms with Crippen LogP contribution < -0.4 is 10.2 Å². The van der Waals surface area contributed by atoms with Crippen molar-refractivity contribution in [3.63, 3.8) is 0 Å². The van der Waals surface area contributed by atoms with Gasteiger partial charge in [0, 0.05) is 11.4 Å². The smallest absolute Gasteiger partial charge is 0.341 e. The summed E-state index contributed by atoms with van der Waals surface area (Å²) in [6.45, 7) is 0. The highest BCUT2D eigenvalue weighted by molar-refractivity contribution is 6.01. The summed E-state index contributed by atoms with van der Waals surface area (Å²) in [7, 11) is 0. The van der Waals surface area contributed by atoms with Crippen LogP contribution in [0.1, 0.15) is 18.0 Å². The van der Waals surface area contributed by atoms with Crippen LogP contribution in [0, 0.1) is 0 Å². The molecule has 154 valence electrons. The van der Waals surface area contributed by atoms with Crippen LogP contribution in [-0.2, 0) is 9.59 Å². The highest BCUT2D eigenvalue weighted by Gasteiger charge is 2.40. The first kappa shape index (κ1) is 21.1. The molecular formula is C23H19F3N2O2. The molecule has 0 bridgehead atoms. The van der Waals surface area contributed by atoms with Crippen LogP contribution in [-0.4, -0.2) is 18.0 Å². The molecule has 4 nitrogen and oxygen atoms in total. The number of hydrogen-bond donors (Lipinski definition) is 1. The van der Waals surface area contributed by atoms with Gasteiger partial charge in [0.05, 0.1) is 12.5 Å². The van der Waals surface area contributed by atoms with Crippen molar-refractivity contribution in [1.29, 1.82) is 0 Å². The minimum absolute atomic E-state index is 0.352. The van der Waals surface area contributed by atoms with Gasteiger partial charge in [-0.05, 0) is 29.8 Å². The number of halogens is 3. The Morgan fingerprint density at radius 2 is 1.20 bits per heavy atom. The summed E-state index contributed by atoms with van der Waals surface area (Å²) in [5.41, 5.74) is 1.55. The van der Waals surface area contributed by atoms with Gasteiger partial charge in [-0.25, -0.2) is 0 Å². The molecular weight excluding hydrogens is 393 g/mol. The highest BCUT2D eigenvalue weighted by atomic mass is 19.4. The number of rotatable bonds is 6. The number of para-hydroxylation sites is 2. The Bertz CT molecular complexity index is 938. The molecule has 3 aromatic rings. The van der Waals surface area contributed by atoms with Crippen LogP contribution in [0.2, 0.25) is 0 Å². The molecule has 30 heavy (non-hydrogen) atoms. The van der Waals surface area contributed by atoms with Crippen LogP contribution in [0.15, 0.2) is 91.0 Å². The van der Waals surface area contributed by atoms with E-state index in [-0.39, 0.29) is 6.42 Å². The van der Waals surface area contributed by atoms with Gasteiger partial charge in [0.25, 0.3) is 0 Å². The summed E-state index contributed by atoms with van der Waals surface area (Å²) in [5, 5.41) is 1.95. The number of nitrogens with zero attached hydrogens (tertiary/aromatic N) is 1. The van der Waals surface area contributed by atoms with Crippen molar-refractivity contribution in [2.24, 2.45) is 0 Å². The molecule has 1 N–H and O–H groups in total. The maximum atomic E-state index is 13.3. The Labute approximate surface area is 171 Å². The predicted octanol–water partition coefficient (Wildman–Crippen LogP) is 5.16. The highest BCUT2D eigenvalue weighted by Crippen LogP contribution is 2.29. The molecule has 0 fully saturated rings. The third kappa shape index (κ3) is 5.26. The SMILES string of the molecule is O=C(C[C@@H](NC(=O)C(F)(F)F)c1ccccc1)N(c1ccccc1)c1ccccc1. The van der Waals surface area contributed by atoms with Gasteiger partial charge < -0.3 is 5.32 Å². The molecule has 7 heteroatoms. The van der Waals surface area contributed by atoms with E-state index in [0.717, 1.165) is 0 Å². The molecule has 0 spiro atoms. The van der Waals surface area contributed by atoms with Gasteiger partial charge in [-0.1, -0.05) is 66.7 Å². The lowest BCUT2D eigenvalue weighted by Gasteiger charge is -2.26. The number of carbonyl (C=O) groups excluding carboxylic acids is 2. The molecule has 0 heterocycles. The number of anilines is 2. The summed E-state index contributed by atoms with van der Waals surface area (Å²) in [6.07, 6.45) is -5.40. The summed E-state index contributed by atoms with van der Waals surface area (Å²) in [4.78, 5) is 26.3. The normalized spacial score (nSPS) is 12.1. The van der Waals surface area contributed by atoms with Crippen LogP contribution in [0.3, 0.4) is 0 Å². The van der Waals surface area contributed by atoms with E-state index in [2.05, 4.69) is 0 Å². The van der Waals surface area contributed by atoms with Crippen LogP contribution >= 0.6 is 0 Å². The Balaban J connectivity index is 1.93. The number of hydrogen-bond acceptors (Lipinski definition) is 2. The molecule has 2 amide bonds. The topological polar surface area (TPSA) is 49.4 Å². The average molecular weight is 412 g/mol. The van der Waals surface area contributed by atoms with Gasteiger partial charge in [-0.3, -0.25) is 14.5 Å². The maximum absolute atomic E-state index is 13.3. The second kappa shape index (κ2) is 9.26. The van der Waals surface area contributed by atoms with Crippen molar-refractivity contribution < 1.29 is 22.8 Å². The molecule has 0 unspecified atom stereocenters. The van der Waals surface area contributed by atoms with Gasteiger partial charge in [0.15, 0.2) is 0 Å².